The van der Waals surface area contributed by atoms with Crippen molar-refractivity contribution in [2.75, 3.05) is 12.4 Å². The van der Waals surface area contributed by atoms with Crippen molar-refractivity contribution in [3.8, 4) is 0 Å². The fourth-order valence-corrected chi connectivity index (χ4v) is 2.51. The molecular formula is C13H22ClN3. The fraction of sp³-hybridized carbons (Fsp3) is 0.769. The quantitative estimate of drug-likeness (QED) is 0.760. The molecule has 1 aromatic rings. The maximum absolute atomic E-state index is 5.82. The zero-order valence-corrected chi connectivity index (χ0v) is 11.5. The third-order valence-corrected chi connectivity index (χ3v) is 3.77. The second-order valence-electron chi connectivity index (χ2n) is 5.42. The molecule has 0 amide bonds. The molecule has 0 spiro atoms. The lowest BCUT2D eigenvalue weighted by atomic mass is 10.0. The Hall–Kier alpha value is -0.540. The molecule has 17 heavy (non-hydrogen) atoms. The van der Waals surface area contributed by atoms with Crippen molar-refractivity contribution < 1.29 is 0 Å². The Bertz CT molecular complexity index is 355. The van der Waals surface area contributed by atoms with E-state index in [0.29, 0.717) is 11.5 Å². The van der Waals surface area contributed by atoms with Crippen LogP contribution in [0.15, 0.2) is 12.3 Å². The predicted octanol–water partition coefficient (Wildman–Crippen LogP) is 2.96. The van der Waals surface area contributed by atoms with Crippen molar-refractivity contribution in [3.05, 3.63) is 18.0 Å². The van der Waals surface area contributed by atoms with Gasteiger partial charge in [-0.05, 0) is 44.6 Å². The summed E-state index contributed by atoms with van der Waals surface area (Å²) in [5.41, 5.74) is 1.63. The molecule has 3 nitrogen and oxygen atoms in total. The highest BCUT2D eigenvalue weighted by Crippen LogP contribution is 2.48. The standard InChI is InChI=1S/C13H22ClN3/c1-11(2)17-8-3-12(16-17)9-15-10-13(4-5-13)6-7-14/h3,8,11,15H,4-7,9-10H2,1-2H3. The molecule has 1 aromatic heterocycles. The van der Waals surface area contributed by atoms with Crippen LogP contribution in [0, 0.1) is 5.41 Å². The molecular weight excluding hydrogens is 234 g/mol. The number of rotatable bonds is 7. The Morgan fingerprint density at radius 3 is 2.82 bits per heavy atom. The van der Waals surface area contributed by atoms with Crippen molar-refractivity contribution >= 4 is 11.6 Å². The van der Waals surface area contributed by atoms with E-state index in [1.165, 1.54) is 12.8 Å². The van der Waals surface area contributed by atoms with Crippen LogP contribution in [0.4, 0.5) is 0 Å². The van der Waals surface area contributed by atoms with Gasteiger partial charge >= 0.3 is 0 Å². The summed E-state index contributed by atoms with van der Waals surface area (Å²) in [5, 5.41) is 8.03. The molecule has 0 aliphatic heterocycles. The first-order valence-corrected chi connectivity index (χ1v) is 6.99. The number of nitrogens with zero attached hydrogens (tertiary/aromatic N) is 2. The first-order chi connectivity index (χ1) is 8.15. The maximum Gasteiger partial charge on any atom is 0.0762 e. The second-order valence-corrected chi connectivity index (χ2v) is 5.80. The fourth-order valence-electron chi connectivity index (χ4n) is 2.11. The molecule has 96 valence electrons. The zero-order valence-electron chi connectivity index (χ0n) is 10.7. The van der Waals surface area contributed by atoms with E-state index in [1.54, 1.807) is 0 Å². The lowest BCUT2D eigenvalue weighted by Crippen LogP contribution is -2.24. The summed E-state index contributed by atoms with van der Waals surface area (Å²) >= 11 is 5.82. The van der Waals surface area contributed by atoms with E-state index in [4.69, 9.17) is 11.6 Å². The second kappa shape index (κ2) is 5.40. The van der Waals surface area contributed by atoms with Crippen molar-refractivity contribution in [2.24, 2.45) is 5.41 Å². The molecule has 1 aliphatic rings. The van der Waals surface area contributed by atoms with Crippen molar-refractivity contribution in [1.82, 2.24) is 15.1 Å². The van der Waals surface area contributed by atoms with Crippen LogP contribution in [0.1, 0.15) is 44.8 Å². The molecule has 1 N–H and O–H groups in total. The Morgan fingerprint density at radius 2 is 2.29 bits per heavy atom. The monoisotopic (exact) mass is 255 g/mol. The number of nitrogens with one attached hydrogen (secondary N) is 1. The molecule has 2 rings (SSSR count). The summed E-state index contributed by atoms with van der Waals surface area (Å²) in [6.07, 6.45) is 5.84. The van der Waals surface area contributed by atoms with E-state index in [9.17, 15) is 0 Å². The van der Waals surface area contributed by atoms with Gasteiger partial charge in [-0.25, -0.2) is 0 Å². The molecule has 0 saturated heterocycles. The highest BCUT2D eigenvalue weighted by atomic mass is 35.5. The van der Waals surface area contributed by atoms with Crippen molar-refractivity contribution in [2.45, 2.75) is 45.7 Å². The number of alkyl halides is 1. The molecule has 1 heterocycles. The molecule has 1 saturated carbocycles. The number of aromatic nitrogens is 2. The molecule has 0 atom stereocenters. The van der Waals surface area contributed by atoms with E-state index in [1.807, 2.05) is 10.9 Å². The van der Waals surface area contributed by atoms with Crippen LogP contribution in [-0.2, 0) is 6.54 Å². The summed E-state index contributed by atoms with van der Waals surface area (Å²) in [6, 6.07) is 2.53. The number of hydrogen-bond donors (Lipinski definition) is 1. The minimum atomic E-state index is 0.440. The van der Waals surface area contributed by atoms with Gasteiger partial charge in [0.15, 0.2) is 0 Å². The van der Waals surface area contributed by atoms with E-state index in [2.05, 4.69) is 30.3 Å². The van der Waals surface area contributed by atoms with Gasteiger partial charge in [0.1, 0.15) is 0 Å². The highest BCUT2D eigenvalue weighted by molar-refractivity contribution is 6.17. The number of hydrogen-bond acceptors (Lipinski definition) is 2. The summed E-state index contributed by atoms with van der Waals surface area (Å²) in [5.74, 6) is 0.781. The van der Waals surface area contributed by atoms with Gasteiger partial charge in [-0.2, -0.15) is 5.10 Å². The molecule has 4 heteroatoms. The van der Waals surface area contributed by atoms with E-state index in [0.717, 1.165) is 31.1 Å². The molecule has 0 radical (unpaired) electrons. The Morgan fingerprint density at radius 1 is 1.53 bits per heavy atom. The van der Waals surface area contributed by atoms with Gasteiger partial charge in [0.25, 0.3) is 0 Å². The van der Waals surface area contributed by atoms with Gasteiger partial charge in [-0.3, -0.25) is 4.68 Å². The topological polar surface area (TPSA) is 29.9 Å². The molecule has 0 unspecified atom stereocenters. The smallest absolute Gasteiger partial charge is 0.0762 e. The van der Waals surface area contributed by atoms with Crippen LogP contribution in [-0.4, -0.2) is 22.2 Å². The average molecular weight is 256 g/mol. The van der Waals surface area contributed by atoms with E-state index >= 15 is 0 Å². The normalized spacial score (nSPS) is 17.6. The van der Waals surface area contributed by atoms with Crippen molar-refractivity contribution in [1.29, 1.82) is 0 Å². The molecule has 0 bridgehead atoms. The average Bonchev–Trinajstić information content (AvgIpc) is 2.88. The summed E-state index contributed by atoms with van der Waals surface area (Å²) in [4.78, 5) is 0. The first-order valence-electron chi connectivity index (χ1n) is 6.46. The first kappa shape index (κ1) is 12.9. The van der Waals surface area contributed by atoms with E-state index in [-0.39, 0.29) is 0 Å². The third kappa shape index (κ3) is 3.46. The van der Waals surface area contributed by atoms with Crippen molar-refractivity contribution in [3.63, 3.8) is 0 Å². The van der Waals surface area contributed by atoms with Gasteiger partial charge in [-0.1, -0.05) is 0 Å². The zero-order chi connectivity index (χ0) is 12.3. The largest absolute Gasteiger partial charge is 0.311 e. The van der Waals surface area contributed by atoms with Gasteiger partial charge < -0.3 is 5.32 Å². The van der Waals surface area contributed by atoms with Crippen LogP contribution < -0.4 is 5.32 Å². The summed E-state index contributed by atoms with van der Waals surface area (Å²) < 4.78 is 2.00. The maximum atomic E-state index is 5.82. The summed E-state index contributed by atoms with van der Waals surface area (Å²) in [6.45, 7) is 6.23. The lowest BCUT2D eigenvalue weighted by Gasteiger charge is -2.13. The van der Waals surface area contributed by atoms with Gasteiger partial charge in [0.05, 0.1) is 5.69 Å². The Balaban J connectivity index is 1.74. The van der Waals surface area contributed by atoms with Gasteiger partial charge in [0, 0.05) is 31.2 Å². The minimum absolute atomic E-state index is 0.440. The van der Waals surface area contributed by atoms with Crippen LogP contribution in [0.3, 0.4) is 0 Å². The third-order valence-electron chi connectivity index (χ3n) is 3.58. The van der Waals surface area contributed by atoms with Gasteiger partial charge in [-0.15, -0.1) is 11.6 Å². The Labute approximate surface area is 109 Å². The lowest BCUT2D eigenvalue weighted by molar-refractivity contribution is 0.441. The minimum Gasteiger partial charge on any atom is -0.311 e. The van der Waals surface area contributed by atoms with E-state index < -0.39 is 0 Å². The Kier molecular flexibility index (Phi) is 4.10. The molecule has 1 fully saturated rings. The van der Waals surface area contributed by atoms with Gasteiger partial charge in [0.2, 0.25) is 0 Å². The van der Waals surface area contributed by atoms with Crippen LogP contribution in [0.2, 0.25) is 0 Å². The highest BCUT2D eigenvalue weighted by Gasteiger charge is 2.41. The van der Waals surface area contributed by atoms with Crippen LogP contribution >= 0.6 is 11.6 Å². The van der Waals surface area contributed by atoms with Crippen LogP contribution in [0.25, 0.3) is 0 Å². The summed E-state index contributed by atoms with van der Waals surface area (Å²) in [7, 11) is 0. The molecule has 0 aromatic carbocycles. The SMILES string of the molecule is CC(C)n1ccc(CNCC2(CCCl)CC2)n1. The van der Waals surface area contributed by atoms with Crippen LogP contribution in [0.5, 0.6) is 0 Å². The molecule has 1 aliphatic carbocycles. The predicted molar refractivity (Wildman–Crippen MR) is 71.3 cm³/mol. The number of halogens is 1.